The minimum absolute atomic E-state index is 0.196. The number of benzene rings is 1. The average molecular weight is 405 g/mol. The molecule has 4 rings (SSSR count). The predicted octanol–water partition coefficient (Wildman–Crippen LogP) is 4.18. The number of nitrogens with two attached hydrogens (primary N) is 1. The summed E-state index contributed by atoms with van der Waals surface area (Å²) in [6.07, 6.45) is 4.19. The Bertz CT molecular complexity index is 938. The highest BCUT2D eigenvalue weighted by molar-refractivity contribution is 8.13. The molecule has 0 saturated heterocycles. The van der Waals surface area contributed by atoms with Gasteiger partial charge in [-0.05, 0) is 49.1 Å². The Morgan fingerprint density at radius 1 is 1.37 bits per heavy atom. The van der Waals surface area contributed by atoms with Gasteiger partial charge in [0.25, 0.3) is 5.91 Å². The summed E-state index contributed by atoms with van der Waals surface area (Å²) in [6.45, 7) is 0. The monoisotopic (exact) mass is 404 g/mol. The third-order valence-corrected chi connectivity index (χ3v) is 6.36. The van der Waals surface area contributed by atoms with Crippen LogP contribution >= 0.6 is 23.4 Å². The van der Waals surface area contributed by atoms with Crippen LogP contribution in [-0.2, 0) is 5.54 Å². The SMILES string of the molecule is NC1=NC2(c3cc(NC(=O)c4cc(Cl)ccn4)ccc3F)CCCC2CS1. The number of thioether (sulfide) groups is 1. The molecule has 2 heterocycles. The van der Waals surface area contributed by atoms with Crippen LogP contribution in [-0.4, -0.2) is 21.8 Å². The zero-order valence-corrected chi connectivity index (χ0v) is 16.0. The largest absolute Gasteiger partial charge is 0.379 e. The van der Waals surface area contributed by atoms with Gasteiger partial charge >= 0.3 is 0 Å². The predicted molar refractivity (Wildman–Crippen MR) is 107 cm³/mol. The second-order valence-corrected chi connectivity index (χ2v) is 8.26. The van der Waals surface area contributed by atoms with E-state index in [9.17, 15) is 9.18 Å². The first-order valence-electron chi connectivity index (χ1n) is 8.69. The van der Waals surface area contributed by atoms with Gasteiger partial charge in [0.15, 0.2) is 5.17 Å². The first kappa shape index (κ1) is 18.3. The highest BCUT2D eigenvalue weighted by Crippen LogP contribution is 2.51. The standard InChI is InChI=1S/C19H18ClFN4OS/c20-12-5-7-23-16(8-12)17(26)24-13-3-4-15(21)14(9-13)19-6-1-2-11(19)10-27-18(22)25-19/h3-5,7-9,11H,1-2,6,10H2,(H2,22,25)(H,24,26). The first-order valence-corrected chi connectivity index (χ1v) is 10.1. The molecule has 1 fully saturated rings. The molecule has 1 saturated carbocycles. The van der Waals surface area contributed by atoms with Crippen molar-refractivity contribution in [2.45, 2.75) is 24.8 Å². The molecule has 1 aromatic carbocycles. The molecule has 1 aliphatic carbocycles. The highest BCUT2D eigenvalue weighted by atomic mass is 35.5. The molecule has 0 bridgehead atoms. The molecular weight excluding hydrogens is 387 g/mol. The highest BCUT2D eigenvalue weighted by Gasteiger charge is 2.48. The molecule has 2 atom stereocenters. The molecule has 140 valence electrons. The van der Waals surface area contributed by atoms with Crippen LogP contribution in [0.5, 0.6) is 0 Å². The molecule has 1 aliphatic heterocycles. The number of carbonyl (C=O) groups excluding carboxylic acids is 1. The molecule has 5 nitrogen and oxygen atoms in total. The van der Waals surface area contributed by atoms with Crippen LogP contribution in [0.3, 0.4) is 0 Å². The van der Waals surface area contributed by atoms with Crippen molar-refractivity contribution in [3.05, 3.63) is 58.6 Å². The van der Waals surface area contributed by atoms with Crippen LogP contribution in [0.25, 0.3) is 0 Å². The van der Waals surface area contributed by atoms with E-state index >= 15 is 0 Å². The number of nitrogens with one attached hydrogen (secondary N) is 1. The third kappa shape index (κ3) is 3.41. The first-order chi connectivity index (χ1) is 13.0. The minimum atomic E-state index is -0.644. The third-order valence-electron chi connectivity index (χ3n) is 5.17. The van der Waals surface area contributed by atoms with Crippen molar-refractivity contribution in [3.63, 3.8) is 0 Å². The van der Waals surface area contributed by atoms with E-state index in [2.05, 4.69) is 15.3 Å². The van der Waals surface area contributed by atoms with Crippen molar-refractivity contribution in [2.24, 2.45) is 16.6 Å². The van der Waals surface area contributed by atoms with Gasteiger partial charge in [-0.25, -0.2) is 4.39 Å². The number of amidine groups is 1. The van der Waals surface area contributed by atoms with Crippen molar-refractivity contribution in [3.8, 4) is 0 Å². The lowest BCUT2D eigenvalue weighted by Crippen LogP contribution is -2.37. The van der Waals surface area contributed by atoms with Crippen molar-refractivity contribution in [1.82, 2.24) is 4.98 Å². The summed E-state index contributed by atoms with van der Waals surface area (Å²) >= 11 is 7.44. The second kappa shape index (κ2) is 7.13. The van der Waals surface area contributed by atoms with Gasteiger partial charge in [-0.1, -0.05) is 29.8 Å². The Morgan fingerprint density at radius 3 is 3.04 bits per heavy atom. The number of carbonyl (C=O) groups is 1. The van der Waals surface area contributed by atoms with Gasteiger partial charge in [-0.15, -0.1) is 0 Å². The quantitative estimate of drug-likeness (QED) is 0.804. The lowest BCUT2D eigenvalue weighted by atomic mass is 9.81. The lowest BCUT2D eigenvalue weighted by molar-refractivity contribution is 0.102. The van der Waals surface area contributed by atoms with Crippen molar-refractivity contribution in [2.75, 3.05) is 11.1 Å². The van der Waals surface area contributed by atoms with Crippen LogP contribution in [0.2, 0.25) is 5.02 Å². The molecule has 1 amide bonds. The van der Waals surface area contributed by atoms with Crippen molar-refractivity contribution in [1.29, 1.82) is 0 Å². The number of aliphatic imine (C=N–C) groups is 1. The minimum Gasteiger partial charge on any atom is -0.379 e. The number of anilines is 1. The number of amides is 1. The van der Waals surface area contributed by atoms with E-state index in [0.29, 0.717) is 21.4 Å². The molecule has 2 unspecified atom stereocenters. The van der Waals surface area contributed by atoms with Crippen LogP contribution in [0.15, 0.2) is 41.5 Å². The van der Waals surface area contributed by atoms with E-state index < -0.39 is 11.4 Å². The number of rotatable bonds is 3. The zero-order valence-electron chi connectivity index (χ0n) is 14.4. The maximum atomic E-state index is 14.8. The molecule has 8 heteroatoms. The normalized spacial score (nSPS) is 24.2. The molecule has 2 aliphatic rings. The number of pyridine rings is 1. The fraction of sp³-hybridized carbons (Fsp3) is 0.316. The summed E-state index contributed by atoms with van der Waals surface area (Å²) < 4.78 is 14.8. The summed E-state index contributed by atoms with van der Waals surface area (Å²) in [5, 5.41) is 3.68. The van der Waals surface area contributed by atoms with Gasteiger partial charge in [0.2, 0.25) is 0 Å². The second-order valence-electron chi connectivity index (χ2n) is 6.78. The summed E-state index contributed by atoms with van der Waals surface area (Å²) in [5.74, 6) is 0.337. The molecule has 27 heavy (non-hydrogen) atoms. The molecular formula is C19H18ClFN4OS. The van der Waals surface area contributed by atoms with E-state index in [1.807, 2.05) is 0 Å². The summed E-state index contributed by atoms with van der Waals surface area (Å²) in [4.78, 5) is 21.1. The molecule has 0 spiro atoms. The Labute approximate surface area is 165 Å². The van der Waals surface area contributed by atoms with Gasteiger partial charge in [-0.2, -0.15) is 0 Å². The van der Waals surface area contributed by atoms with Gasteiger partial charge in [0.05, 0.1) is 5.54 Å². The summed E-state index contributed by atoms with van der Waals surface area (Å²) in [5.41, 5.74) is 6.51. The Balaban J connectivity index is 1.68. The van der Waals surface area contributed by atoms with Crippen LogP contribution < -0.4 is 11.1 Å². The van der Waals surface area contributed by atoms with Crippen LogP contribution in [0.4, 0.5) is 10.1 Å². The zero-order chi connectivity index (χ0) is 19.0. The fourth-order valence-corrected chi connectivity index (χ4v) is 5.12. The molecule has 0 radical (unpaired) electrons. The van der Waals surface area contributed by atoms with E-state index in [1.165, 1.54) is 36.2 Å². The lowest BCUT2D eigenvalue weighted by Gasteiger charge is -2.36. The van der Waals surface area contributed by atoms with E-state index in [4.69, 9.17) is 17.3 Å². The maximum absolute atomic E-state index is 14.8. The fourth-order valence-electron chi connectivity index (χ4n) is 3.92. The molecule has 2 aromatic rings. The Morgan fingerprint density at radius 2 is 2.22 bits per heavy atom. The maximum Gasteiger partial charge on any atom is 0.274 e. The summed E-state index contributed by atoms with van der Waals surface area (Å²) in [7, 11) is 0. The molecule has 1 aromatic heterocycles. The van der Waals surface area contributed by atoms with Crippen molar-refractivity contribution < 1.29 is 9.18 Å². The Hall–Kier alpha value is -2.12. The topological polar surface area (TPSA) is 80.4 Å². The average Bonchev–Trinajstić information content (AvgIpc) is 3.07. The smallest absolute Gasteiger partial charge is 0.274 e. The molecule has 3 N–H and O–H groups in total. The van der Waals surface area contributed by atoms with Crippen LogP contribution in [0, 0.1) is 11.7 Å². The van der Waals surface area contributed by atoms with Crippen molar-refractivity contribution >= 4 is 40.1 Å². The van der Waals surface area contributed by atoms with E-state index in [0.717, 1.165) is 25.0 Å². The van der Waals surface area contributed by atoms with Gasteiger partial charge in [0, 0.05) is 28.2 Å². The number of fused-ring (bicyclic) bond motifs is 1. The van der Waals surface area contributed by atoms with E-state index in [-0.39, 0.29) is 17.4 Å². The van der Waals surface area contributed by atoms with Gasteiger partial charge in [-0.3, -0.25) is 14.8 Å². The number of hydrogen-bond acceptors (Lipinski definition) is 5. The van der Waals surface area contributed by atoms with Gasteiger partial charge in [0.1, 0.15) is 11.5 Å². The summed E-state index contributed by atoms with van der Waals surface area (Å²) in [6, 6.07) is 7.65. The number of nitrogens with zero attached hydrogens (tertiary/aromatic N) is 2. The van der Waals surface area contributed by atoms with Gasteiger partial charge < -0.3 is 11.1 Å². The van der Waals surface area contributed by atoms with E-state index in [1.54, 1.807) is 12.1 Å². The number of aromatic nitrogens is 1. The number of hydrogen-bond donors (Lipinski definition) is 2. The number of halogens is 2. The Kier molecular flexibility index (Phi) is 4.82. The van der Waals surface area contributed by atoms with Crippen LogP contribution in [0.1, 0.15) is 35.3 Å².